The monoisotopic (exact) mass is 342 g/mol. The molecule has 9 heteroatoms. The largest absolute Gasteiger partial charge is 0.466 e. The molecule has 0 saturated carbocycles. The Labute approximate surface area is 138 Å². The number of carbonyl (C=O) groups is 2. The molecule has 0 aliphatic carbocycles. The van der Waals surface area contributed by atoms with Gasteiger partial charge in [0.25, 0.3) is 5.56 Å². The quantitative estimate of drug-likeness (QED) is 0.455. The lowest BCUT2D eigenvalue weighted by atomic mass is 9.98. The summed E-state index contributed by atoms with van der Waals surface area (Å²) < 4.78 is 16.7. The van der Waals surface area contributed by atoms with Gasteiger partial charge in [-0.1, -0.05) is 0 Å². The molecule has 0 aliphatic heterocycles. The smallest absolute Gasteiger partial charge is 0.330 e. The van der Waals surface area contributed by atoms with Crippen LogP contribution in [0.2, 0.25) is 0 Å². The molecule has 0 radical (unpaired) electrons. The molecule has 0 saturated heterocycles. The number of nitrogens with zero attached hydrogens (tertiary/aromatic N) is 2. The van der Waals surface area contributed by atoms with Crippen molar-refractivity contribution in [1.82, 2.24) is 9.13 Å². The van der Waals surface area contributed by atoms with Gasteiger partial charge in [0.1, 0.15) is 6.61 Å². The molecule has 0 fully saturated rings. The summed E-state index contributed by atoms with van der Waals surface area (Å²) in [5, 5.41) is 0. The van der Waals surface area contributed by atoms with Crippen molar-refractivity contribution in [3.63, 3.8) is 0 Å². The lowest BCUT2D eigenvalue weighted by Gasteiger charge is -2.16. The van der Waals surface area contributed by atoms with Crippen LogP contribution in [0.25, 0.3) is 0 Å². The number of ether oxygens (including phenoxy) is 3. The van der Waals surface area contributed by atoms with E-state index in [1.807, 2.05) is 0 Å². The molecule has 0 amide bonds. The Hall–Kier alpha value is -2.42. The molecule has 0 spiro atoms. The van der Waals surface area contributed by atoms with Gasteiger partial charge in [0.15, 0.2) is 0 Å². The summed E-state index contributed by atoms with van der Waals surface area (Å²) in [6.45, 7) is 1.97. The molecule has 0 bridgehead atoms. The molecule has 1 rings (SSSR count). The summed E-state index contributed by atoms with van der Waals surface area (Å²) in [5.41, 5.74) is -1.18. The second-order valence-electron chi connectivity index (χ2n) is 5.06. The van der Waals surface area contributed by atoms with Crippen LogP contribution in [0.4, 0.5) is 0 Å². The first-order valence-corrected chi connectivity index (χ1v) is 7.41. The molecule has 1 unspecified atom stereocenters. The van der Waals surface area contributed by atoms with Gasteiger partial charge in [0, 0.05) is 33.0 Å². The average Bonchev–Trinajstić information content (AvgIpc) is 2.54. The molecule has 1 aromatic heterocycles. The van der Waals surface area contributed by atoms with Crippen LogP contribution in [-0.2, 0) is 37.9 Å². The summed E-state index contributed by atoms with van der Waals surface area (Å²) in [7, 11) is 4.21. The number of rotatable bonds is 8. The zero-order chi connectivity index (χ0) is 18.3. The third-order valence-electron chi connectivity index (χ3n) is 3.34. The van der Waals surface area contributed by atoms with Crippen LogP contribution in [0.3, 0.4) is 0 Å². The highest BCUT2D eigenvalue weighted by molar-refractivity contribution is 5.84. The second kappa shape index (κ2) is 9.02. The summed E-state index contributed by atoms with van der Waals surface area (Å²) >= 11 is 0. The topological polar surface area (TPSA) is 106 Å². The van der Waals surface area contributed by atoms with Crippen molar-refractivity contribution in [2.75, 3.05) is 26.9 Å². The van der Waals surface area contributed by atoms with Crippen LogP contribution in [-0.4, -0.2) is 48.0 Å². The van der Waals surface area contributed by atoms with E-state index in [4.69, 9.17) is 14.2 Å². The third-order valence-corrected chi connectivity index (χ3v) is 3.34. The first-order valence-electron chi connectivity index (χ1n) is 7.41. The maximum atomic E-state index is 12.3. The van der Waals surface area contributed by atoms with E-state index in [1.54, 1.807) is 6.92 Å². The van der Waals surface area contributed by atoms with Crippen LogP contribution >= 0.6 is 0 Å². The zero-order valence-electron chi connectivity index (χ0n) is 14.2. The van der Waals surface area contributed by atoms with Gasteiger partial charge in [-0.2, -0.15) is 0 Å². The van der Waals surface area contributed by atoms with E-state index in [0.29, 0.717) is 0 Å². The Balaban J connectivity index is 3.16. The van der Waals surface area contributed by atoms with E-state index in [9.17, 15) is 19.2 Å². The van der Waals surface area contributed by atoms with Crippen LogP contribution < -0.4 is 11.2 Å². The Morgan fingerprint density at radius 1 is 1.17 bits per heavy atom. The van der Waals surface area contributed by atoms with Crippen LogP contribution in [0.5, 0.6) is 0 Å². The minimum absolute atomic E-state index is 0.00161. The van der Waals surface area contributed by atoms with Crippen molar-refractivity contribution < 1.29 is 23.8 Å². The van der Waals surface area contributed by atoms with Gasteiger partial charge < -0.3 is 18.8 Å². The SMILES string of the molecule is CCOC(=O)C(CC(=O)OCCOC)c1cn(C)c(=O)n(C)c1=O. The molecule has 0 aromatic carbocycles. The van der Waals surface area contributed by atoms with Gasteiger partial charge in [-0.05, 0) is 6.92 Å². The molecule has 1 heterocycles. The number of aromatic nitrogens is 2. The van der Waals surface area contributed by atoms with Crippen molar-refractivity contribution in [2.24, 2.45) is 14.1 Å². The van der Waals surface area contributed by atoms with Crippen LogP contribution in [0, 0.1) is 0 Å². The molecule has 0 aliphatic rings. The number of methoxy groups -OCH3 is 1. The van der Waals surface area contributed by atoms with E-state index in [0.717, 1.165) is 4.57 Å². The Morgan fingerprint density at radius 3 is 2.42 bits per heavy atom. The van der Waals surface area contributed by atoms with E-state index in [2.05, 4.69) is 0 Å². The molecule has 9 nitrogen and oxygen atoms in total. The Kier molecular flexibility index (Phi) is 7.37. The lowest BCUT2D eigenvalue weighted by molar-refractivity contribution is -0.152. The summed E-state index contributed by atoms with van der Waals surface area (Å²) in [4.78, 5) is 48.1. The Morgan fingerprint density at radius 2 is 1.83 bits per heavy atom. The summed E-state index contributed by atoms with van der Waals surface area (Å²) in [6.07, 6.45) is 0.880. The standard InChI is InChI=1S/C15H22N2O7/c1-5-23-14(20)10(8-12(18)24-7-6-22-4)11-9-16(2)15(21)17(3)13(11)19/h9-10H,5-8H2,1-4H3. The maximum absolute atomic E-state index is 12.3. The average molecular weight is 342 g/mol. The highest BCUT2D eigenvalue weighted by Crippen LogP contribution is 2.18. The molecular formula is C15H22N2O7. The van der Waals surface area contributed by atoms with Crippen molar-refractivity contribution in [2.45, 2.75) is 19.3 Å². The molecule has 1 aromatic rings. The number of carbonyl (C=O) groups excluding carboxylic acids is 2. The normalized spacial score (nSPS) is 11.8. The minimum atomic E-state index is -1.15. The van der Waals surface area contributed by atoms with Gasteiger partial charge in [0.2, 0.25) is 0 Å². The van der Waals surface area contributed by atoms with Gasteiger partial charge >= 0.3 is 17.6 Å². The fourth-order valence-electron chi connectivity index (χ4n) is 2.10. The zero-order valence-corrected chi connectivity index (χ0v) is 14.2. The van der Waals surface area contributed by atoms with Gasteiger partial charge in [-0.3, -0.25) is 19.0 Å². The van der Waals surface area contributed by atoms with Crippen molar-refractivity contribution in [1.29, 1.82) is 0 Å². The molecule has 24 heavy (non-hydrogen) atoms. The van der Waals surface area contributed by atoms with Crippen molar-refractivity contribution in [3.8, 4) is 0 Å². The van der Waals surface area contributed by atoms with E-state index < -0.39 is 29.1 Å². The predicted octanol–water partition coefficient (Wildman–Crippen LogP) is -0.690. The summed E-state index contributed by atoms with van der Waals surface area (Å²) in [6, 6.07) is 0. The van der Waals surface area contributed by atoms with Gasteiger partial charge in [0.05, 0.1) is 25.6 Å². The maximum Gasteiger partial charge on any atom is 0.330 e. The molecule has 0 N–H and O–H groups in total. The first kappa shape index (κ1) is 19.6. The van der Waals surface area contributed by atoms with Crippen LogP contribution in [0.1, 0.15) is 24.8 Å². The predicted molar refractivity (Wildman–Crippen MR) is 83.8 cm³/mol. The fraction of sp³-hybridized carbons (Fsp3) is 0.600. The first-order chi connectivity index (χ1) is 11.3. The van der Waals surface area contributed by atoms with Gasteiger partial charge in [-0.25, -0.2) is 4.79 Å². The molecule has 1 atom stereocenters. The highest BCUT2D eigenvalue weighted by atomic mass is 16.6. The highest BCUT2D eigenvalue weighted by Gasteiger charge is 2.29. The van der Waals surface area contributed by atoms with Crippen molar-refractivity contribution >= 4 is 11.9 Å². The fourth-order valence-corrected chi connectivity index (χ4v) is 2.10. The number of hydrogen-bond donors (Lipinski definition) is 0. The lowest BCUT2D eigenvalue weighted by Crippen LogP contribution is -2.40. The third kappa shape index (κ3) is 4.79. The van der Waals surface area contributed by atoms with E-state index >= 15 is 0 Å². The van der Waals surface area contributed by atoms with E-state index in [1.165, 1.54) is 32.0 Å². The number of esters is 2. The molecule has 134 valence electrons. The second-order valence-corrected chi connectivity index (χ2v) is 5.06. The summed E-state index contributed by atoms with van der Waals surface area (Å²) in [5.74, 6) is -2.54. The molecular weight excluding hydrogens is 320 g/mol. The number of aryl methyl sites for hydroxylation is 1. The van der Waals surface area contributed by atoms with Gasteiger partial charge in [-0.15, -0.1) is 0 Å². The van der Waals surface area contributed by atoms with Crippen molar-refractivity contribution in [3.05, 3.63) is 32.6 Å². The number of hydrogen-bond acceptors (Lipinski definition) is 7. The van der Waals surface area contributed by atoms with E-state index in [-0.39, 0.29) is 31.8 Å². The Bertz CT molecular complexity index is 705. The van der Waals surface area contributed by atoms with Crippen LogP contribution in [0.15, 0.2) is 15.8 Å². The minimum Gasteiger partial charge on any atom is -0.466 e.